The van der Waals surface area contributed by atoms with E-state index in [1.807, 2.05) is 18.2 Å². The zero-order valence-electron chi connectivity index (χ0n) is 16.2. The van der Waals surface area contributed by atoms with E-state index in [1.54, 1.807) is 32.6 Å². The van der Waals surface area contributed by atoms with Crippen LogP contribution in [-0.4, -0.2) is 72.8 Å². The first-order valence-corrected chi connectivity index (χ1v) is 9.04. The van der Waals surface area contributed by atoms with Crippen LogP contribution in [0.5, 0.6) is 11.5 Å². The fourth-order valence-corrected chi connectivity index (χ4v) is 3.10. The van der Waals surface area contributed by atoms with Crippen LogP contribution in [-0.2, 0) is 6.42 Å². The summed E-state index contributed by atoms with van der Waals surface area (Å²) in [6.45, 7) is 4.10. The minimum absolute atomic E-state index is 0. The standard InChI is InChI=1S/C19H26N6O2.HI/c1-20-18(23-9-6-15-4-5-16(27-2)14-17(15)26)24-10-12-25(13-11-24)19-21-7-3-8-22-19;/h3-5,7-8,14,26H,6,9-13H2,1-2H3,(H,20,23);1H. The molecule has 0 bridgehead atoms. The molecule has 0 spiro atoms. The van der Waals surface area contributed by atoms with Crippen molar-refractivity contribution < 1.29 is 9.84 Å². The van der Waals surface area contributed by atoms with Gasteiger partial charge < -0.3 is 25.0 Å². The third-order valence-electron chi connectivity index (χ3n) is 4.60. The molecule has 2 aromatic rings. The van der Waals surface area contributed by atoms with Crippen LogP contribution in [0.25, 0.3) is 0 Å². The molecule has 2 N–H and O–H groups in total. The Bertz CT molecular complexity index is 766. The van der Waals surface area contributed by atoms with Gasteiger partial charge in [-0.1, -0.05) is 6.07 Å². The first-order valence-electron chi connectivity index (χ1n) is 9.04. The van der Waals surface area contributed by atoms with Crippen molar-refractivity contribution in [2.24, 2.45) is 4.99 Å². The molecule has 28 heavy (non-hydrogen) atoms. The van der Waals surface area contributed by atoms with E-state index in [0.717, 1.165) is 43.7 Å². The molecule has 1 aromatic heterocycles. The molecule has 0 aliphatic carbocycles. The number of rotatable bonds is 5. The van der Waals surface area contributed by atoms with E-state index < -0.39 is 0 Å². The van der Waals surface area contributed by atoms with Crippen LogP contribution < -0.4 is 15.0 Å². The molecule has 0 unspecified atom stereocenters. The molecule has 0 atom stereocenters. The van der Waals surface area contributed by atoms with Crippen molar-refractivity contribution >= 4 is 35.9 Å². The minimum atomic E-state index is 0. The zero-order valence-corrected chi connectivity index (χ0v) is 18.5. The number of anilines is 1. The maximum absolute atomic E-state index is 10.1. The Labute approximate surface area is 182 Å². The Morgan fingerprint density at radius 1 is 1.21 bits per heavy atom. The number of nitrogens with one attached hydrogen (secondary N) is 1. The Kier molecular flexibility index (Phi) is 8.55. The van der Waals surface area contributed by atoms with Crippen LogP contribution in [0.15, 0.2) is 41.7 Å². The van der Waals surface area contributed by atoms with Crippen LogP contribution in [0.3, 0.4) is 0 Å². The molecule has 152 valence electrons. The third-order valence-corrected chi connectivity index (χ3v) is 4.60. The number of hydrogen-bond acceptors (Lipinski definition) is 6. The highest BCUT2D eigenvalue weighted by molar-refractivity contribution is 14.0. The van der Waals surface area contributed by atoms with Gasteiger partial charge in [0, 0.05) is 58.2 Å². The smallest absolute Gasteiger partial charge is 0.225 e. The lowest BCUT2D eigenvalue weighted by molar-refractivity contribution is 0.370. The van der Waals surface area contributed by atoms with Crippen molar-refractivity contribution in [2.75, 3.05) is 51.8 Å². The fourth-order valence-electron chi connectivity index (χ4n) is 3.10. The molecule has 0 radical (unpaired) electrons. The molecule has 0 saturated carbocycles. The summed E-state index contributed by atoms with van der Waals surface area (Å²) in [4.78, 5) is 17.4. The summed E-state index contributed by atoms with van der Waals surface area (Å²) in [5, 5.41) is 13.4. The number of phenolic OH excluding ortho intramolecular Hbond substituents is 1. The van der Waals surface area contributed by atoms with Gasteiger partial charge in [0.15, 0.2) is 5.96 Å². The fraction of sp³-hybridized carbons (Fsp3) is 0.421. The Hall–Kier alpha value is -2.30. The molecular weight excluding hydrogens is 471 g/mol. The van der Waals surface area contributed by atoms with Gasteiger partial charge in [0.05, 0.1) is 7.11 Å². The van der Waals surface area contributed by atoms with E-state index in [-0.39, 0.29) is 29.7 Å². The number of ether oxygens (including phenoxy) is 1. The zero-order chi connectivity index (χ0) is 19.1. The van der Waals surface area contributed by atoms with Gasteiger partial charge in [-0.15, -0.1) is 24.0 Å². The van der Waals surface area contributed by atoms with Crippen molar-refractivity contribution in [3.63, 3.8) is 0 Å². The number of halogens is 1. The van der Waals surface area contributed by atoms with Gasteiger partial charge in [0.25, 0.3) is 0 Å². The van der Waals surface area contributed by atoms with Crippen LogP contribution in [0.2, 0.25) is 0 Å². The third kappa shape index (κ3) is 5.60. The van der Waals surface area contributed by atoms with E-state index >= 15 is 0 Å². The molecule has 1 saturated heterocycles. The van der Waals surface area contributed by atoms with Gasteiger partial charge in [0.1, 0.15) is 11.5 Å². The first kappa shape index (κ1) is 22.0. The molecule has 9 heteroatoms. The molecule has 1 aliphatic heterocycles. The number of aromatic nitrogens is 2. The minimum Gasteiger partial charge on any atom is -0.508 e. The van der Waals surface area contributed by atoms with Crippen LogP contribution >= 0.6 is 24.0 Å². The van der Waals surface area contributed by atoms with E-state index in [4.69, 9.17) is 4.74 Å². The second kappa shape index (κ2) is 10.9. The summed E-state index contributed by atoms with van der Waals surface area (Å²) in [5.41, 5.74) is 0.879. The van der Waals surface area contributed by atoms with Gasteiger partial charge >= 0.3 is 0 Å². The number of aliphatic imine (C=N–C) groups is 1. The van der Waals surface area contributed by atoms with Crippen molar-refractivity contribution in [1.29, 1.82) is 0 Å². The highest BCUT2D eigenvalue weighted by Crippen LogP contribution is 2.23. The monoisotopic (exact) mass is 498 g/mol. The van der Waals surface area contributed by atoms with E-state index in [9.17, 15) is 5.11 Å². The predicted molar refractivity (Wildman–Crippen MR) is 121 cm³/mol. The van der Waals surface area contributed by atoms with E-state index in [2.05, 4.69) is 30.1 Å². The highest BCUT2D eigenvalue weighted by atomic mass is 127. The van der Waals surface area contributed by atoms with Crippen LogP contribution in [0.4, 0.5) is 5.95 Å². The summed E-state index contributed by atoms with van der Waals surface area (Å²) in [5.74, 6) is 2.55. The van der Waals surface area contributed by atoms with Gasteiger partial charge in [-0.05, 0) is 24.1 Å². The number of piperazine rings is 1. The summed E-state index contributed by atoms with van der Waals surface area (Å²) in [7, 11) is 3.38. The number of phenols is 1. The summed E-state index contributed by atoms with van der Waals surface area (Å²) in [6, 6.07) is 7.20. The van der Waals surface area contributed by atoms with Crippen LogP contribution in [0, 0.1) is 0 Å². The normalized spacial score (nSPS) is 14.4. The Morgan fingerprint density at radius 3 is 2.54 bits per heavy atom. The van der Waals surface area contributed by atoms with Gasteiger partial charge in [0.2, 0.25) is 5.95 Å². The maximum atomic E-state index is 10.1. The number of nitrogens with zero attached hydrogens (tertiary/aromatic N) is 5. The van der Waals surface area contributed by atoms with Crippen LogP contribution in [0.1, 0.15) is 5.56 Å². The summed E-state index contributed by atoms with van der Waals surface area (Å²) < 4.78 is 5.12. The second-order valence-corrected chi connectivity index (χ2v) is 6.24. The maximum Gasteiger partial charge on any atom is 0.225 e. The second-order valence-electron chi connectivity index (χ2n) is 6.24. The molecule has 1 fully saturated rings. The average molecular weight is 498 g/mol. The largest absolute Gasteiger partial charge is 0.508 e. The molecule has 1 aromatic carbocycles. The van der Waals surface area contributed by atoms with Crippen molar-refractivity contribution in [3.8, 4) is 11.5 Å². The molecule has 0 amide bonds. The lowest BCUT2D eigenvalue weighted by atomic mass is 10.1. The van der Waals surface area contributed by atoms with Gasteiger partial charge in [-0.25, -0.2) is 9.97 Å². The van der Waals surface area contributed by atoms with Gasteiger partial charge in [-0.3, -0.25) is 4.99 Å². The van der Waals surface area contributed by atoms with Crippen molar-refractivity contribution in [3.05, 3.63) is 42.2 Å². The number of methoxy groups -OCH3 is 1. The quantitative estimate of drug-likeness (QED) is 0.369. The predicted octanol–water partition coefficient (Wildman–Crippen LogP) is 1.75. The number of benzene rings is 1. The summed E-state index contributed by atoms with van der Waals surface area (Å²) in [6.07, 6.45) is 4.24. The first-order chi connectivity index (χ1) is 13.2. The molecule has 1 aliphatic rings. The average Bonchev–Trinajstić information content (AvgIpc) is 2.73. The highest BCUT2D eigenvalue weighted by Gasteiger charge is 2.20. The molecule has 8 nitrogen and oxygen atoms in total. The lowest BCUT2D eigenvalue weighted by Gasteiger charge is -2.36. The van der Waals surface area contributed by atoms with Crippen molar-refractivity contribution in [2.45, 2.75) is 6.42 Å². The van der Waals surface area contributed by atoms with Gasteiger partial charge in [-0.2, -0.15) is 0 Å². The SMILES string of the molecule is CN=C(NCCc1ccc(OC)cc1O)N1CCN(c2ncccn2)CC1.I. The number of guanidine groups is 1. The summed E-state index contributed by atoms with van der Waals surface area (Å²) >= 11 is 0. The Balaban J connectivity index is 0.00000280. The molecular formula is C19H27IN6O2. The van der Waals surface area contributed by atoms with E-state index in [0.29, 0.717) is 18.7 Å². The number of hydrogen-bond donors (Lipinski definition) is 2. The lowest BCUT2D eigenvalue weighted by Crippen LogP contribution is -2.53. The molecule has 3 rings (SSSR count). The molecule has 2 heterocycles. The number of aromatic hydroxyl groups is 1. The topological polar surface area (TPSA) is 86.1 Å². The van der Waals surface area contributed by atoms with Crippen molar-refractivity contribution in [1.82, 2.24) is 20.2 Å². The Morgan fingerprint density at radius 2 is 1.93 bits per heavy atom. The van der Waals surface area contributed by atoms with E-state index in [1.165, 1.54) is 0 Å².